The number of rotatable bonds is 6. The van der Waals surface area contributed by atoms with Gasteiger partial charge in [0.15, 0.2) is 5.96 Å². The highest BCUT2D eigenvalue weighted by Crippen LogP contribution is 2.13. The van der Waals surface area contributed by atoms with Crippen LogP contribution in [0.25, 0.3) is 5.82 Å². The Morgan fingerprint density at radius 3 is 2.90 bits per heavy atom. The number of hydrogen-bond acceptors (Lipinski definition) is 4. The van der Waals surface area contributed by atoms with Gasteiger partial charge in [0.25, 0.3) is 0 Å². The van der Waals surface area contributed by atoms with Crippen LogP contribution in [-0.4, -0.2) is 57.0 Å². The molecular formula is C20H30IN7O. The van der Waals surface area contributed by atoms with Gasteiger partial charge in [-0.1, -0.05) is 13.8 Å². The van der Waals surface area contributed by atoms with E-state index in [-0.39, 0.29) is 41.8 Å². The van der Waals surface area contributed by atoms with Crippen molar-refractivity contribution in [2.24, 2.45) is 10.9 Å². The molecule has 2 aromatic rings. The number of nitrogens with one attached hydrogen (secondary N) is 2. The number of nitrogens with zero attached hydrogens (tertiary/aromatic N) is 5. The van der Waals surface area contributed by atoms with Gasteiger partial charge < -0.3 is 15.5 Å². The Labute approximate surface area is 189 Å². The van der Waals surface area contributed by atoms with Crippen molar-refractivity contribution >= 4 is 35.8 Å². The maximum atomic E-state index is 12.2. The summed E-state index contributed by atoms with van der Waals surface area (Å²) in [6.45, 7) is 8.78. The lowest BCUT2D eigenvalue weighted by molar-refractivity contribution is -0.133. The monoisotopic (exact) mass is 511 g/mol. The summed E-state index contributed by atoms with van der Waals surface area (Å²) in [5.74, 6) is 1.85. The molecule has 29 heavy (non-hydrogen) atoms. The Kier molecular flexibility index (Phi) is 8.87. The second kappa shape index (κ2) is 11.1. The first kappa shape index (κ1) is 23.1. The number of pyridine rings is 1. The first-order chi connectivity index (χ1) is 13.6. The van der Waals surface area contributed by atoms with Crippen LogP contribution in [0.5, 0.6) is 0 Å². The zero-order chi connectivity index (χ0) is 19.9. The molecule has 0 aliphatic carbocycles. The van der Waals surface area contributed by atoms with Gasteiger partial charge in [-0.25, -0.2) is 15.0 Å². The average molecular weight is 511 g/mol. The SMILES string of the molecule is CCNC(=NCc1ccnc(-n2ccnc2)c1)NC1CCN(C(=O)C(C)C)C1.I. The van der Waals surface area contributed by atoms with Gasteiger partial charge in [-0.2, -0.15) is 0 Å². The van der Waals surface area contributed by atoms with Gasteiger partial charge in [-0.15, -0.1) is 24.0 Å². The highest BCUT2D eigenvalue weighted by molar-refractivity contribution is 14.0. The van der Waals surface area contributed by atoms with Crippen LogP contribution in [0.3, 0.4) is 0 Å². The zero-order valence-corrected chi connectivity index (χ0v) is 19.5. The molecule has 1 unspecified atom stereocenters. The molecule has 0 bridgehead atoms. The minimum absolute atomic E-state index is 0. The van der Waals surface area contributed by atoms with Gasteiger partial charge in [0, 0.05) is 50.2 Å². The highest BCUT2D eigenvalue weighted by atomic mass is 127. The standard InChI is InChI=1S/C20H29N7O.HI/c1-4-22-20(25-17-6-9-26(13-17)19(28)15(2)3)24-12-16-5-7-23-18(11-16)27-10-8-21-14-27;/h5,7-8,10-11,14-15,17H,4,6,9,12-13H2,1-3H3,(H2,22,24,25);1H. The van der Waals surface area contributed by atoms with Crippen LogP contribution in [0.1, 0.15) is 32.8 Å². The predicted octanol–water partition coefficient (Wildman–Crippen LogP) is 2.20. The Balaban J connectivity index is 0.00000300. The number of halogens is 1. The number of guanidine groups is 1. The number of carbonyl (C=O) groups is 1. The minimum atomic E-state index is 0. The molecule has 1 saturated heterocycles. The molecule has 0 saturated carbocycles. The number of hydrogen-bond donors (Lipinski definition) is 2. The summed E-state index contributed by atoms with van der Waals surface area (Å²) in [7, 11) is 0. The molecule has 1 aliphatic heterocycles. The predicted molar refractivity (Wildman–Crippen MR) is 125 cm³/mol. The third kappa shape index (κ3) is 6.41. The van der Waals surface area contributed by atoms with Crippen LogP contribution >= 0.6 is 24.0 Å². The Morgan fingerprint density at radius 2 is 2.21 bits per heavy atom. The van der Waals surface area contributed by atoms with Crippen molar-refractivity contribution in [3.8, 4) is 5.82 Å². The molecule has 0 radical (unpaired) electrons. The lowest BCUT2D eigenvalue weighted by atomic mass is 10.2. The molecule has 1 fully saturated rings. The van der Waals surface area contributed by atoms with E-state index in [1.165, 1.54) is 0 Å². The fourth-order valence-electron chi connectivity index (χ4n) is 3.22. The largest absolute Gasteiger partial charge is 0.357 e. The van der Waals surface area contributed by atoms with Crippen molar-refractivity contribution in [1.82, 2.24) is 30.1 Å². The Bertz CT molecular complexity index is 807. The summed E-state index contributed by atoms with van der Waals surface area (Å²) in [5, 5.41) is 6.76. The Hall–Kier alpha value is -2.17. The summed E-state index contributed by atoms with van der Waals surface area (Å²) in [5.41, 5.74) is 1.07. The van der Waals surface area contributed by atoms with E-state index in [0.717, 1.165) is 43.4 Å². The third-order valence-corrected chi connectivity index (χ3v) is 4.68. The number of likely N-dealkylation sites (tertiary alicyclic amines) is 1. The van der Waals surface area contributed by atoms with E-state index in [1.54, 1.807) is 18.7 Å². The van der Waals surface area contributed by atoms with Crippen molar-refractivity contribution in [1.29, 1.82) is 0 Å². The van der Waals surface area contributed by atoms with E-state index in [0.29, 0.717) is 6.54 Å². The molecule has 3 rings (SSSR count). The van der Waals surface area contributed by atoms with E-state index in [4.69, 9.17) is 4.99 Å². The second-order valence-corrected chi connectivity index (χ2v) is 7.26. The Morgan fingerprint density at radius 1 is 1.38 bits per heavy atom. The fraction of sp³-hybridized carbons (Fsp3) is 0.500. The van der Waals surface area contributed by atoms with Crippen molar-refractivity contribution in [2.75, 3.05) is 19.6 Å². The second-order valence-electron chi connectivity index (χ2n) is 7.26. The number of aliphatic imine (C=N–C) groups is 1. The molecular weight excluding hydrogens is 481 g/mol. The van der Waals surface area contributed by atoms with Crippen molar-refractivity contribution < 1.29 is 4.79 Å². The fourth-order valence-corrected chi connectivity index (χ4v) is 3.22. The van der Waals surface area contributed by atoms with Crippen molar-refractivity contribution in [2.45, 2.75) is 39.8 Å². The van der Waals surface area contributed by atoms with Crippen molar-refractivity contribution in [3.63, 3.8) is 0 Å². The maximum absolute atomic E-state index is 12.2. The third-order valence-electron chi connectivity index (χ3n) is 4.68. The first-order valence-electron chi connectivity index (χ1n) is 9.83. The van der Waals surface area contributed by atoms with Crippen molar-refractivity contribution in [3.05, 3.63) is 42.6 Å². The van der Waals surface area contributed by atoms with E-state index < -0.39 is 0 Å². The summed E-state index contributed by atoms with van der Waals surface area (Å²) in [6.07, 6.45) is 8.04. The molecule has 8 nitrogen and oxygen atoms in total. The maximum Gasteiger partial charge on any atom is 0.225 e. The van der Waals surface area contributed by atoms with Crippen LogP contribution in [0, 0.1) is 5.92 Å². The molecule has 2 aromatic heterocycles. The quantitative estimate of drug-likeness (QED) is 0.353. The van der Waals surface area contributed by atoms with Crippen LogP contribution in [0.15, 0.2) is 42.0 Å². The summed E-state index contributed by atoms with van der Waals surface area (Å²) >= 11 is 0. The lowest BCUT2D eigenvalue weighted by Crippen LogP contribution is -2.45. The lowest BCUT2D eigenvalue weighted by Gasteiger charge is -2.20. The molecule has 1 atom stereocenters. The van der Waals surface area contributed by atoms with E-state index in [9.17, 15) is 4.79 Å². The van der Waals surface area contributed by atoms with Gasteiger partial charge in [-0.3, -0.25) is 9.36 Å². The minimum Gasteiger partial charge on any atom is -0.357 e. The van der Waals surface area contributed by atoms with E-state index in [1.807, 2.05) is 48.6 Å². The van der Waals surface area contributed by atoms with Crippen LogP contribution in [0.4, 0.5) is 0 Å². The average Bonchev–Trinajstić information content (AvgIpc) is 3.38. The van der Waals surface area contributed by atoms with Gasteiger partial charge in [0.2, 0.25) is 5.91 Å². The molecule has 3 heterocycles. The van der Waals surface area contributed by atoms with Gasteiger partial charge >= 0.3 is 0 Å². The number of aromatic nitrogens is 3. The summed E-state index contributed by atoms with van der Waals surface area (Å²) in [6, 6.07) is 4.19. The number of carbonyl (C=O) groups excluding carboxylic acids is 1. The number of imidazole rings is 1. The summed E-state index contributed by atoms with van der Waals surface area (Å²) in [4.78, 5) is 27.3. The number of amides is 1. The molecule has 1 aliphatic rings. The first-order valence-corrected chi connectivity index (χ1v) is 9.83. The van der Waals surface area contributed by atoms with E-state index in [2.05, 4.69) is 20.6 Å². The zero-order valence-electron chi connectivity index (χ0n) is 17.2. The molecule has 158 valence electrons. The van der Waals surface area contributed by atoms with E-state index >= 15 is 0 Å². The summed E-state index contributed by atoms with van der Waals surface area (Å²) < 4.78 is 1.87. The van der Waals surface area contributed by atoms with Gasteiger partial charge in [0.1, 0.15) is 12.1 Å². The molecule has 1 amide bonds. The topological polar surface area (TPSA) is 87.4 Å². The van der Waals surface area contributed by atoms with Crippen LogP contribution in [0.2, 0.25) is 0 Å². The van der Waals surface area contributed by atoms with Gasteiger partial charge in [-0.05, 0) is 31.0 Å². The highest BCUT2D eigenvalue weighted by Gasteiger charge is 2.27. The molecule has 9 heteroatoms. The van der Waals surface area contributed by atoms with Gasteiger partial charge in [0.05, 0.1) is 6.54 Å². The molecule has 0 spiro atoms. The molecule has 2 N–H and O–H groups in total. The molecule has 0 aromatic carbocycles. The smallest absolute Gasteiger partial charge is 0.225 e. The van der Waals surface area contributed by atoms with Crippen LogP contribution in [-0.2, 0) is 11.3 Å². The van der Waals surface area contributed by atoms with Crippen LogP contribution < -0.4 is 10.6 Å². The normalized spacial score (nSPS) is 16.6.